The van der Waals surface area contributed by atoms with E-state index in [9.17, 15) is 0 Å². The van der Waals surface area contributed by atoms with Crippen LogP contribution in [-0.2, 0) is 0 Å². The van der Waals surface area contributed by atoms with Crippen molar-refractivity contribution >= 4 is 11.4 Å². The van der Waals surface area contributed by atoms with Gasteiger partial charge in [-0.15, -0.1) is 0 Å². The Balaban J connectivity index is 1.79. The van der Waals surface area contributed by atoms with E-state index in [1.807, 2.05) is 0 Å². The minimum absolute atomic E-state index is 0.758. The largest absolute Gasteiger partial charge is 0.385 e. The summed E-state index contributed by atoms with van der Waals surface area (Å²) in [5.41, 5.74) is 2.60. The van der Waals surface area contributed by atoms with Gasteiger partial charge in [-0.3, -0.25) is 4.90 Å². The molecule has 2 rings (SSSR count). The molecule has 1 heterocycles. The van der Waals surface area contributed by atoms with E-state index in [0.717, 1.165) is 31.5 Å². The van der Waals surface area contributed by atoms with Gasteiger partial charge in [0, 0.05) is 50.6 Å². The zero-order valence-electron chi connectivity index (χ0n) is 14.8. The van der Waals surface area contributed by atoms with Crippen LogP contribution in [-0.4, -0.2) is 44.2 Å². The van der Waals surface area contributed by atoms with Crippen LogP contribution in [0.25, 0.3) is 0 Å². The Morgan fingerprint density at radius 2 is 1.55 bits per heavy atom. The van der Waals surface area contributed by atoms with E-state index in [2.05, 4.69) is 67.1 Å². The fraction of sp³-hybridized carbons (Fsp3) is 0.684. The van der Waals surface area contributed by atoms with Crippen LogP contribution in [0, 0.1) is 11.8 Å². The third kappa shape index (κ3) is 5.53. The predicted molar refractivity (Wildman–Crippen MR) is 97.9 cm³/mol. The Hall–Kier alpha value is -1.22. The standard InChI is InChI=1S/C19H33N3/c1-16(2)9-10-20-18-5-7-19(8-6-18)22-13-11-21(12-14-22)15-17(3)4/h5-8,16-17,20H,9-15H2,1-4H3. The molecule has 0 radical (unpaired) electrons. The first kappa shape index (κ1) is 17.1. The summed E-state index contributed by atoms with van der Waals surface area (Å²) in [5, 5.41) is 3.51. The third-order valence-electron chi connectivity index (χ3n) is 4.28. The molecule has 3 nitrogen and oxygen atoms in total. The average molecular weight is 303 g/mol. The van der Waals surface area contributed by atoms with Crippen LogP contribution in [0.5, 0.6) is 0 Å². The number of rotatable bonds is 7. The van der Waals surface area contributed by atoms with Crippen LogP contribution in [0.1, 0.15) is 34.1 Å². The lowest BCUT2D eigenvalue weighted by Crippen LogP contribution is -2.47. The number of hydrogen-bond acceptors (Lipinski definition) is 3. The topological polar surface area (TPSA) is 18.5 Å². The van der Waals surface area contributed by atoms with Crippen LogP contribution >= 0.6 is 0 Å². The first-order valence-electron chi connectivity index (χ1n) is 8.86. The minimum Gasteiger partial charge on any atom is -0.385 e. The van der Waals surface area contributed by atoms with E-state index in [1.54, 1.807) is 0 Å². The number of hydrogen-bond donors (Lipinski definition) is 1. The van der Waals surface area contributed by atoms with Crippen molar-refractivity contribution in [3.8, 4) is 0 Å². The highest BCUT2D eigenvalue weighted by atomic mass is 15.3. The van der Waals surface area contributed by atoms with Crippen molar-refractivity contribution < 1.29 is 0 Å². The summed E-state index contributed by atoms with van der Waals surface area (Å²) in [6.07, 6.45) is 1.22. The van der Waals surface area contributed by atoms with Gasteiger partial charge in [0.15, 0.2) is 0 Å². The zero-order valence-corrected chi connectivity index (χ0v) is 14.8. The van der Waals surface area contributed by atoms with Crippen molar-refractivity contribution in [1.29, 1.82) is 0 Å². The first-order chi connectivity index (χ1) is 10.5. The Kier molecular flexibility index (Phi) is 6.56. The van der Waals surface area contributed by atoms with Crippen molar-refractivity contribution in [3.63, 3.8) is 0 Å². The molecule has 0 saturated carbocycles. The Bertz CT molecular complexity index is 417. The van der Waals surface area contributed by atoms with Gasteiger partial charge in [-0.1, -0.05) is 27.7 Å². The molecule has 0 aliphatic carbocycles. The average Bonchev–Trinajstić information content (AvgIpc) is 2.48. The molecule has 0 atom stereocenters. The molecule has 0 spiro atoms. The summed E-state index contributed by atoms with van der Waals surface area (Å²) in [5.74, 6) is 1.52. The summed E-state index contributed by atoms with van der Waals surface area (Å²) in [7, 11) is 0. The molecule has 0 bridgehead atoms. The van der Waals surface area contributed by atoms with Crippen molar-refractivity contribution in [2.24, 2.45) is 11.8 Å². The van der Waals surface area contributed by atoms with Crippen LogP contribution in [0.4, 0.5) is 11.4 Å². The van der Waals surface area contributed by atoms with E-state index < -0.39 is 0 Å². The maximum atomic E-state index is 3.51. The fourth-order valence-electron chi connectivity index (χ4n) is 3.00. The maximum absolute atomic E-state index is 3.51. The van der Waals surface area contributed by atoms with Crippen molar-refractivity contribution in [1.82, 2.24) is 4.90 Å². The summed E-state index contributed by atoms with van der Waals surface area (Å²) in [6, 6.07) is 8.96. The summed E-state index contributed by atoms with van der Waals surface area (Å²) in [4.78, 5) is 5.09. The second-order valence-electron chi connectivity index (χ2n) is 7.34. The van der Waals surface area contributed by atoms with Gasteiger partial charge in [0.1, 0.15) is 0 Å². The van der Waals surface area contributed by atoms with E-state index in [-0.39, 0.29) is 0 Å². The lowest BCUT2D eigenvalue weighted by Gasteiger charge is -2.36. The zero-order chi connectivity index (χ0) is 15.9. The number of benzene rings is 1. The van der Waals surface area contributed by atoms with Gasteiger partial charge < -0.3 is 10.2 Å². The molecular formula is C19H33N3. The molecule has 1 aromatic carbocycles. The van der Waals surface area contributed by atoms with Crippen LogP contribution in [0.2, 0.25) is 0 Å². The van der Waals surface area contributed by atoms with Crippen molar-refractivity contribution in [2.75, 3.05) is 49.5 Å². The molecule has 1 N–H and O–H groups in total. The van der Waals surface area contributed by atoms with Gasteiger partial charge in [0.25, 0.3) is 0 Å². The van der Waals surface area contributed by atoms with Gasteiger partial charge in [0.05, 0.1) is 0 Å². The number of nitrogens with zero attached hydrogens (tertiary/aromatic N) is 2. The summed E-state index contributed by atoms with van der Waals surface area (Å²) in [6.45, 7) is 16.1. The quantitative estimate of drug-likeness (QED) is 0.823. The molecule has 3 heteroatoms. The van der Waals surface area contributed by atoms with Crippen molar-refractivity contribution in [2.45, 2.75) is 34.1 Å². The molecule has 1 fully saturated rings. The van der Waals surface area contributed by atoms with Crippen LogP contribution < -0.4 is 10.2 Å². The Labute approximate surface area is 136 Å². The molecule has 1 aromatic rings. The molecule has 1 aliphatic heterocycles. The highest BCUT2D eigenvalue weighted by Gasteiger charge is 2.17. The fourth-order valence-corrected chi connectivity index (χ4v) is 3.00. The van der Waals surface area contributed by atoms with Gasteiger partial charge in [-0.2, -0.15) is 0 Å². The van der Waals surface area contributed by atoms with Crippen LogP contribution in [0.3, 0.4) is 0 Å². The maximum Gasteiger partial charge on any atom is 0.0368 e. The van der Waals surface area contributed by atoms with Gasteiger partial charge in [-0.25, -0.2) is 0 Å². The molecule has 0 aromatic heterocycles. The van der Waals surface area contributed by atoms with Gasteiger partial charge in [-0.05, 0) is 42.5 Å². The number of piperazine rings is 1. The second-order valence-corrected chi connectivity index (χ2v) is 7.34. The molecule has 1 aliphatic rings. The minimum atomic E-state index is 0.758. The van der Waals surface area contributed by atoms with Gasteiger partial charge in [0.2, 0.25) is 0 Å². The monoisotopic (exact) mass is 303 g/mol. The van der Waals surface area contributed by atoms with Crippen molar-refractivity contribution in [3.05, 3.63) is 24.3 Å². The molecular weight excluding hydrogens is 270 g/mol. The molecule has 0 unspecified atom stereocenters. The Morgan fingerprint density at radius 3 is 2.09 bits per heavy atom. The predicted octanol–water partition coefficient (Wildman–Crippen LogP) is 3.92. The Morgan fingerprint density at radius 1 is 0.909 bits per heavy atom. The van der Waals surface area contributed by atoms with E-state index in [1.165, 1.54) is 37.4 Å². The van der Waals surface area contributed by atoms with E-state index in [4.69, 9.17) is 0 Å². The number of anilines is 2. The summed E-state index contributed by atoms with van der Waals surface area (Å²) >= 11 is 0. The molecule has 0 amide bonds. The lowest BCUT2D eigenvalue weighted by atomic mass is 10.1. The summed E-state index contributed by atoms with van der Waals surface area (Å²) < 4.78 is 0. The van der Waals surface area contributed by atoms with Gasteiger partial charge >= 0.3 is 0 Å². The molecule has 124 valence electrons. The normalized spacial score (nSPS) is 16.5. The van der Waals surface area contributed by atoms with E-state index >= 15 is 0 Å². The second kappa shape index (κ2) is 8.42. The van der Waals surface area contributed by atoms with Crippen LogP contribution in [0.15, 0.2) is 24.3 Å². The van der Waals surface area contributed by atoms with E-state index in [0.29, 0.717) is 0 Å². The molecule has 22 heavy (non-hydrogen) atoms. The highest BCUT2D eigenvalue weighted by molar-refractivity contribution is 5.55. The molecule has 1 saturated heterocycles. The first-order valence-corrected chi connectivity index (χ1v) is 8.86. The smallest absolute Gasteiger partial charge is 0.0368 e. The lowest BCUT2D eigenvalue weighted by molar-refractivity contribution is 0.231. The number of nitrogens with one attached hydrogen (secondary N) is 1. The third-order valence-corrected chi connectivity index (χ3v) is 4.28. The highest BCUT2D eigenvalue weighted by Crippen LogP contribution is 2.20. The SMILES string of the molecule is CC(C)CCNc1ccc(N2CCN(CC(C)C)CC2)cc1.